The molecule has 0 aliphatic rings. The van der Waals surface area contributed by atoms with Gasteiger partial charge in [0.05, 0.1) is 12.9 Å². The molecule has 0 atom stereocenters. The summed E-state index contributed by atoms with van der Waals surface area (Å²) in [6.07, 6.45) is 6.55. The first-order chi connectivity index (χ1) is 9.31. The zero-order chi connectivity index (χ0) is 13.1. The highest BCUT2D eigenvalue weighted by Gasteiger charge is 1.99. The Morgan fingerprint density at radius 3 is 2.79 bits per heavy atom. The van der Waals surface area contributed by atoms with Crippen LogP contribution in [0.5, 0.6) is 0 Å². The van der Waals surface area contributed by atoms with Crippen molar-refractivity contribution in [3.05, 3.63) is 72.6 Å². The van der Waals surface area contributed by atoms with Gasteiger partial charge in [0.2, 0.25) is 0 Å². The van der Waals surface area contributed by atoms with Crippen LogP contribution < -0.4 is 0 Å². The summed E-state index contributed by atoms with van der Waals surface area (Å²) in [5.74, 6) is -0.187. The number of halogens is 1. The van der Waals surface area contributed by atoms with Gasteiger partial charge in [0.25, 0.3) is 0 Å². The van der Waals surface area contributed by atoms with E-state index in [2.05, 4.69) is 4.98 Å². The van der Waals surface area contributed by atoms with Gasteiger partial charge in [-0.2, -0.15) is 0 Å². The average molecular weight is 252 g/mol. The summed E-state index contributed by atoms with van der Waals surface area (Å²) in [5.41, 5.74) is 0.872. The minimum Gasteiger partial charge on any atom is -0.331 e. The van der Waals surface area contributed by atoms with E-state index in [-0.39, 0.29) is 12.4 Å². The molecular weight excluding hydrogens is 239 g/mol. The minimum absolute atomic E-state index is 0.187. The number of rotatable bonds is 3. The van der Waals surface area contributed by atoms with E-state index < -0.39 is 0 Å². The Labute approximate surface area is 110 Å². The first kappa shape index (κ1) is 11.7. The van der Waals surface area contributed by atoms with Crippen LogP contribution in [-0.2, 0) is 6.54 Å². The molecule has 19 heavy (non-hydrogen) atoms. The van der Waals surface area contributed by atoms with E-state index in [1.807, 2.05) is 42.5 Å². The van der Waals surface area contributed by atoms with E-state index in [0.717, 1.165) is 16.3 Å². The van der Waals surface area contributed by atoms with Gasteiger partial charge in [-0.15, -0.1) is 0 Å². The second-order valence-corrected chi connectivity index (χ2v) is 4.43. The second-order valence-electron chi connectivity index (χ2n) is 4.43. The van der Waals surface area contributed by atoms with Gasteiger partial charge in [0, 0.05) is 12.4 Å². The predicted octanol–water partition coefficient (Wildman–Crippen LogP) is 4.05. The van der Waals surface area contributed by atoms with Crippen LogP contribution in [0.15, 0.2) is 67.0 Å². The number of hydrogen-bond acceptors (Lipinski definition) is 1. The quantitative estimate of drug-likeness (QED) is 0.687. The van der Waals surface area contributed by atoms with Crippen molar-refractivity contribution in [1.82, 2.24) is 9.55 Å². The topological polar surface area (TPSA) is 17.8 Å². The molecule has 3 heteroatoms. The molecule has 0 amide bonds. The molecule has 3 rings (SSSR count). The summed E-state index contributed by atoms with van der Waals surface area (Å²) < 4.78 is 15.6. The van der Waals surface area contributed by atoms with E-state index in [9.17, 15) is 4.39 Å². The summed E-state index contributed by atoms with van der Waals surface area (Å²) in [5, 5.41) is 2.28. The van der Waals surface area contributed by atoms with Crippen molar-refractivity contribution in [2.75, 3.05) is 0 Å². The van der Waals surface area contributed by atoms with Gasteiger partial charge in [-0.3, -0.25) is 0 Å². The molecule has 0 radical (unpaired) electrons. The van der Waals surface area contributed by atoms with Crippen molar-refractivity contribution in [1.29, 1.82) is 0 Å². The van der Waals surface area contributed by atoms with Gasteiger partial charge >= 0.3 is 0 Å². The molecule has 0 aliphatic carbocycles. The van der Waals surface area contributed by atoms with Gasteiger partial charge in [0.15, 0.2) is 0 Å². The maximum atomic E-state index is 13.9. The Bertz CT molecular complexity index is 714. The van der Waals surface area contributed by atoms with Gasteiger partial charge in [-0.1, -0.05) is 36.4 Å². The Hall–Kier alpha value is -2.42. The summed E-state index contributed by atoms with van der Waals surface area (Å²) in [6.45, 7) is 0.215. The van der Waals surface area contributed by atoms with Crippen LogP contribution in [0.25, 0.3) is 16.8 Å². The number of aromatic nitrogens is 2. The number of nitrogens with zero attached hydrogens (tertiary/aromatic N) is 2. The molecule has 1 aromatic heterocycles. The Morgan fingerprint density at radius 2 is 2.00 bits per heavy atom. The largest absolute Gasteiger partial charge is 0.331 e. The summed E-state index contributed by atoms with van der Waals surface area (Å²) in [6, 6.07) is 14.0. The molecule has 0 unspecified atom stereocenters. The van der Waals surface area contributed by atoms with Crippen LogP contribution in [0.3, 0.4) is 0 Å². The third-order valence-electron chi connectivity index (χ3n) is 2.99. The Kier molecular flexibility index (Phi) is 3.11. The maximum Gasteiger partial charge on any atom is 0.120 e. The molecule has 2 aromatic carbocycles. The summed E-state index contributed by atoms with van der Waals surface area (Å²) in [7, 11) is 0. The molecule has 0 spiro atoms. The van der Waals surface area contributed by atoms with Gasteiger partial charge in [0.1, 0.15) is 5.83 Å². The van der Waals surface area contributed by atoms with Crippen molar-refractivity contribution in [2.24, 2.45) is 0 Å². The number of hydrogen-bond donors (Lipinski definition) is 0. The highest BCUT2D eigenvalue weighted by atomic mass is 19.1. The van der Waals surface area contributed by atoms with Crippen LogP contribution in [0.4, 0.5) is 4.39 Å². The molecule has 1 heterocycles. The predicted molar refractivity (Wildman–Crippen MR) is 75.3 cm³/mol. The molecule has 0 saturated carbocycles. The molecule has 0 aliphatic heterocycles. The first-order valence-electron chi connectivity index (χ1n) is 6.12. The molecule has 3 aromatic rings. The van der Waals surface area contributed by atoms with Crippen molar-refractivity contribution in [2.45, 2.75) is 6.54 Å². The van der Waals surface area contributed by atoms with Gasteiger partial charge in [-0.05, 0) is 28.5 Å². The van der Waals surface area contributed by atoms with Crippen molar-refractivity contribution in [3.63, 3.8) is 0 Å². The number of fused-ring (bicyclic) bond motifs is 1. The van der Waals surface area contributed by atoms with Crippen LogP contribution in [-0.4, -0.2) is 9.55 Å². The maximum absolute atomic E-state index is 13.9. The highest BCUT2D eigenvalue weighted by Crippen LogP contribution is 2.18. The van der Waals surface area contributed by atoms with E-state index >= 15 is 0 Å². The van der Waals surface area contributed by atoms with E-state index in [0.29, 0.717) is 0 Å². The molecule has 94 valence electrons. The van der Waals surface area contributed by atoms with Crippen molar-refractivity contribution in [3.8, 4) is 0 Å². The zero-order valence-corrected chi connectivity index (χ0v) is 10.3. The molecule has 0 N–H and O–H groups in total. The molecule has 0 saturated heterocycles. The Balaban J connectivity index is 1.87. The van der Waals surface area contributed by atoms with Crippen molar-refractivity contribution >= 4 is 16.8 Å². The van der Waals surface area contributed by atoms with E-state index in [1.54, 1.807) is 29.4 Å². The van der Waals surface area contributed by atoms with E-state index in [4.69, 9.17) is 0 Å². The summed E-state index contributed by atoms with van der Waals surface area (Å²) in [4.78, 5) is 3.89. The fourth-order valence-corrected chi connectivity index (χ4v) is 2.08. The lowest BCUT2D eigenvalue weighted by molar-refractivity contribution is 0.563. The third-order valence-corrected chi connectivity index (χ3v) is 2.99. The van der Waals surface area contributed by atoms with Crippen molar-refractivity contribution < 1.29 is 4.39 Å². The molecule has 2 nitrogen and oxygen atoms in total. The molecular formula is C16H13FN2. The van der Waals surface area contributed by atoms with Crippen LogP contribution in [0.2, 0.25) is 0 Å². The standard InChI is InChI=1S/C16H13FN2/c17-16(11-19-8-7-18-12-19)10-13-5-6-14-3-1-2-4-15(14)9-13/h1-10,12H,11H2. The fourth-order valence-electron chi connectivity index (χ4n) is 2.08. The van der Waals surface area contributed by atoms with Crippen LogP contribution in [0, 0.1) is 0 Å². The lowest BCUT2D eigenvalue weighted by Crippen LogP contribution is -1.94. The van der Waals surface area contributed by atoms with Crippen LogP contribution >= 0.6 is 0 Å². The normalized spacial score (nSPS) is 11.9. The molecule has 0 bridgehead atoms. The zero-order valence-electron chi connectivity index (χ0n) is 10.3. The Morgan fingerprint density at radius 1 is 1.16 bits per heavy atom. The average Bonchev–Trinajstić information content (AvgIpc) is 2.91. The first-order valence-corrected chi connectivity index (χ1v) is 6.12. The van der Waals surface area contributed by atoms with Gasteiger partial charge in [-0.25, -0.2) is 9.37 Å². The SMILES string of the molecule is FC(=Cc1ccc2ccccc2c1)Cn1ccnc1. The van der Waals surface area contributed by atoms with Crippen LogP contribution in [0.1, 0.15) is 5.56 Å². The number of benzene rings is 2. The minimum atomic E-state index is -0.187. The van der Waals surface area contributed by atoms with Gasteiger partial charge < -0.3 is 4.57 Å². The smallest absolute Gasteiger partial charge is 0.120 e. The van der Waals surface area contributed by atoms with E-state index in [1.165, 1.54) is 0 Å². The monoisotopic (exact) mass is 252 g/mol. The lowest BCUT2D eigenvalue weighted by atomic mass is 10.1. The second kappa shape index (κ2) is 5.06. The highest BCUT2D eigenvalue weighted by molar-refractivity contribution is 5.84. The lowest BCUT2D eigenvalue weighted by Gasteiger charge is -2.01. The number of imidazole rings is 1. The molecule has 0 fully saturated rings. The summed E-state index contributed by atoms with van der Waals surface area (Å²) >= 11 is 0. The third kappa shape index (κ3) is 2.71. The fraction of sp³-hybridized carbons (Fsp3) is 0.0625. The number of allylic oxidation sites excluding steroid dienone is 1.